The minimum absolute atomic E-state index is 0.806. The Hall–Kier alpha value is -0.580. The van der Waals surface area contributed by atoms with Gasteiger partial charge in [0.15, 0.2) is 0 Å². The molecule has 0 spiro atoms. The minimum atomic E-state index is 0.806. The van der Waals surface area contributed by atoms with Gasteiger partial charge in [0.25, 0.3) is 0 Å². The molecule has 1 aromatic rings. The van der Waals surface area contributed by atoms with Gasteiger partial charge in [-0.15, -0.1) is 0 Å². The van der Waals surface area contributed by atoms with E-state index < -0.39 is 0 Å². The highest BCUT2D eigenvalue weighted by atomic mass is 127. The lowest BCUT2D eigenvalue weighted by Crippen LogP contribution is -1.81. The second-order valence-corrected chi connectivity index (χ2v) is 2.46. The Labute approximate surface area is 79.4 Å². The molecule has 0 heterocycles. The zero-order chi connectivity index (χ0) is 8.10. The molecular formula is C8H8INO. The Morgan fingerprint density at radius 1 is 1.45 bits per heavy atom. The Bertz CT molecular complexity index is 260. The van der Waals surface area contributed by atoms with Gasteiger partial charge in [0.2, 0.25) is 0 Å². The van der Waals surface area contributed by atoms with Crippen molar-refractivity contribution >= 4 is 32.5 Å². The summed E-state index contributed by atoms with van der Waals surface area (Å²) in [6.45, 7) is 0. The Kier molecular flexibility index (Phi) is 3.35. The van der Waals surface area contributed by atoms with Crippen molar-refractivity contribution < 1.29 is 4.74 Å². The maximum Gasteiger partial charge on any atom is 0.144 e. The van der Waals surface area contributed by atoms with E-state index in [-0.39, 0.29) is 0 Å². The second kappa shape index (κ2) is 4.33. The zero-order valence-corrected chi connectivity index (χ0v) is 8.28. The first kappa shape index (κ1) is 8.52. The van der Waals surface area contributed by atoms with Gasteiger partial charge in [-0.05, 0) is 34.7 Å². The van der Waals surface area contributed by atoms with Crippen molar-refractivity contribution in [2.75, 3.05) is 7.11 Å². The van der Waals surface area contributed by atoms with E-state index in [2.05, 4.69) is 27.6 Å². The van der Waals surface area contributed by atoms with Crippen LogP contribution in [-0.2, 0) is 0 Å². The molecule has 11 heavy (non-hydrogen) atoms. The molecule has 0 atom stereocenters. The molecular weight excluding hydrogens is 253 g/mol. The largest absolute Gasteiger partial charge is 0.494 e. The van der Waals surface area contributed by atoms with E-state index in [1.807, 2.05) is 24.3 Å². The number of ether oxygens (including phenoxy) is 1. The van der Waals surface area contributed by atoms with Gasteiger partial charge in [-0.1, -0.05) is 12.1 Å². The van der Waals surface area contributed by atoms with Gasteiger partial charge in [-0.3, -0.25) is 0 Å². The smallest absolute Gasteiger partial charge is 0.144 e. The van der Waals surface area contributed by atoms with E-state index >= 15 is 0 Å². The first-order chi connectivity index (χ1) is 5.38. The van der Waals surface area contributed by atoms with Gasteiger partial charge < -0.3 is 4.74 Å². The van der Waals surface area contributed by atoms with Crippen molar-refractivity contribution in [3.8, 4) is 5.75 Å². The molecule has 0 fully saturated rings. The number of halogens is 1. The lowest BCUT2D eigenvalue weighted by Gasteiger charge is -2.01. The summed E-state index contributed by atoms with van der Waals surface area (Å²) in [5.41, 5.74) is 0.865. The molecule has 0 bridgehead atoms. The highest BCUT2D eigenvalue weighted by molar-refractivity contribution is 14.1. The number of rotatable bonds is 2. The van der Waals surface area contributed by atoms with E-state index in [9.17, 15) is 0 Å². The number of benzene rings is 1. The standard InChI is InChI=1S/C8H8INO/c1-11-8-5-3-2-4-7(8)10-6-9/h2-6H,1H3/b10-6-. The van der Waals surface area contributed by atoms with Crippen LogP contribution in [0.25, 0.3) is 0 Å². The summed E-state index contributed by atoms with van der Waals surface area (Å²) in [4.78, 5) is 4.11. The predicted molar refractivity (Wildman–Crippen MR) is 55.2 cm³/mol. The highest BCUT2D eigenvalue weighted by Crippen LogP contribution is 2.25. The molecule has 0 N–H and O–H groups in total. The van der Waals surface area contributed by atoms with Gasteiger partial charge in [0.05, 0.1) is 11.3 Å². The molecule has 0 aliphatic carbocycles. The lowest BCUT2D eigenvalue weighted by molar-refractivity contribution is 0.416. The van der Waals surface area contributed by atoms with Crippen LogP contribution < -0.4 is 4.74 Å². The SMILES string of the molecule is COc1ccccc1/N=C\I. The monoisotopic (exact) mass is 261 g/mol. The van der Waals surface area contributed by atoms with Crippen molar-refractivity contribution in [3.63, 3.8) is 0 Å². The maximum absolute atomic E-state index is 5.08. The predicted octanol–water partition coefficient (Wildman–Crippen LogP) is 2.79. The summed E-state index contributed by atoms with van der Waals surface area (Å²) in [7, 11) is 1.64. The van der Waals surface area contributed by atoms with Crippen LogP contribution in [-0.4, -0.2) is 11.3 Å². The summed E-state index contributed by atoms with van der Waals surface area (Å²) in [5.74, 6) is 0.806. The molecule has 0 aliphatic heterocycles. The minimum Gasteiger partial charge on any atom is -0.494 e. The third-order valence-electron chi connectivity index (χ3n) is 1.27. The van der Waals surface area contributed by atoms with E-state index in [0.29, 0.717) is 0 Å². The number of methoxy groups -OCH3 is 1. The Balaban J connectivity index is 3.02. The van der Waals surface area contributed by atoms with Gasteiger partial charge in [-0.25, -0.2) is 4.99 Å². The molecule has 0 saturated carbocycles. The number of nitrogens with zero attached hydrogens (tertiary/aromatic N) is 1. The normalized spacial score (nSPS) is 10.4. The molecule has 0 unspecified atom stereocenters. The number of aliphatic imine (C=N–C) groups is 1. The summed E-state index contributed by atoms with van der Waals surface area (Å²) in [6, 6.07) is 7.65. The fraction of sp³-hybridized carbons (Fsp3) is 0.125. The van der Waals surface area contributed by atoms with Crippen LogP contribution in [0.1, 0.15) is 0 Å². The van der Waals surface area contributed by atoms with Crippen molar-refractivity contribution in [1.82, 2.24) is 0 Å². The fourth-order valence-electron chi connectivity index (χ4n) is 0.789. The molecule has 1 rings (SSSR count). The van der Waals surface area contributed by atoms with E-state index in [4.69, 9.17) is 4.74 Å². The summed E-state index contributed by atoms with van der Waals surface area (Å²) in [6.07, 6.45) is 0. The third-order valence-corrected chi connectivity index (χ3v) is 1.55. The summed E-state index contributed by atoms with van der Waals surface area (Å²) in [5, 5.41) is 0. The average Bonchev–Trinajstić information content (AvgIpc) is 2.06. The van der Waals surface area contributed by atoms with Gasteiger partial charge in [-0.2, -0.15) is 0 Å². The number of hydrogen-bond donors (Lipinski definition) is 0. The highest BCUT2D eigenvalue weighted by Gasteiger charge is 1.95. The molecule has 0 amide bonds. The van der Waals surface area contributed by atoms with Crippen molar-refractivity contribution in [1.29, 1.82) is 0 Å². The Morgan fingerprint density at radius 3 is 2.82 bits per heavy atom. The molecule has 1 aromatic carbocycles. The van der Waals surface area contributed by atoms with E-state index in [0.717, 1.165) is 11.4 Å². The van der Waals surface area contributed by atoms with Crippen molar-refractivity contribution in [3.05, 3.63) is 24.3 Å². The fourth-order valence-corrected chi connectivity index (χ4v) is 1.09. The first-order valence-electron chi connectivity index (χ1n) is 3.14. The van der Waals surface area contributed by atoms with Crippen LogP contribution in [0.3, 0.4) is 0 Å². The van der Waals surface area contributed by atoms with Crippen LogP contribution in [0.15, 0.2) is 29.3 Å². The van der Waals surface area contributed by atoms with Crippen molar-refractivity contribution in [2.24, 2.45) is 4.99 Å². The number of hydrogen-bond acceptors (Lipinski definition) is 2. The molecule has 0 radical (unpaired) electrons. The number of para-hydroxylation sites is 2. The van der Waals surface area contributed by atoms with Crippen molar-refractivity contribution in [2.45, 2.75) is 0 Å². The molecule has 0 saturated heterocycles. The van der Waals surface area contributed by atoms with Crippen LogP contribution >= 0.6 is 22.6 Å². The van der Waals surface area contributed by atoms with Crippen LogP contribution in [0, 0.1) is 0 Å². The van der Waals surface area contributed by atoms with Crippen LogP contribution in [0.4, 0.5) is 5.69 Å². The van der Waals surface area contributed by atoms with E-state index in [1.54, 1.807) is 11.3 Å². The van der Waals surface area contributed by atoms with Crippen LogP contribution in [0.5, 0.6) is 5.75 Å². The maximum atomic E-state index is 5.08. The molecule has 0 aliphatic rings. The second-order valence-electron chi connectivity index (χ2n) is 1.90. The molecule has 3 heteroatoms. The van der Waals surface area contributed by atoms with E-state index in [1.165, 1.54) is 0 Å². The summed E-state index contributed by atoms with van der Waals surface area (Å²) >= 11 is 2.08. The van der Waals surface area contributed by atoms with Gasteiger partial charge in [0.1, 0.15) is 11.4 Å². The van der Waals surface area contributed by atoms with Gasteiger partial charge in [0, 0.05) is 0 Å². The topological polar surface area (TPSA) is 21.6 Å². The quantitative estimate of drug-likeness (QED) is 0.592. The Morgan fingerprint density at radius 2 is 2.18 bits per heavy atom. The average molecular weight is 261 g/mol. The van der Waals surface area contributed by atoms with Gasteiger partial charge >= 0.3 is 0 Å². The molecule has 0 aromatic heterocycles. The summed E-state index contributed by atoms with van der Waals surface area (Å²) < 4.78 is 6.80. The lowest BCUT2D eigenvalue weighted by atomic mass is 10.3. The third kappa shape index (κ3) is 2.18. The first-order valence-corrected chi connectivity index (χ1v) is 4.39. The molecule has 58 valence electrons. The van der Waals surface area contributed by atoms with Crippen LogP contribution in [0.2, 0.25) is 0 Å². The zero-order valence-electron chi connectivity index (χ0n) is 6.12. The molecule has 2 nitrogen and oxygen atoms in total.